The van der Waals surface area contributed by atoms with E-state index >= 15 is 0 Å². The second-order valence-corrected chi connectivity index (χ2v) is 13.8. The van der Waals surface area contributed by atoms with Gasteiger partial charge in [-0.15, -0.1) is 0 Å². The van der Waals surface area contributed by atoms with Crippen LogP contribution in [0.25, 0.3) is 45.2 Å². The highest BCUT2D eigenvalue weighted by molar-refractivity contribution is 5.99. The normalized spacial score (nSPS) is 11.1. The SMILES string of the molecule is C(=Cc1ccc(N(c2ccccc2)c2ccccc2)cc1)c1ccc(-c2ccc(N(c3ccc(-c4ccccc4)cc3)c3cccc4ccccc34)cc2)cc1. The fourth-order valence-electron chi connectivity index (χ4n) is 7.38. The van der Waals surface area contributed by atoms with E-state index in [1.54, 1.807) is 0 Å². The lowest BCUT2D eigenvalue weighted by Crippen LogP contribution is -2.10. The zero-order valence-electron chi connectivity index (χ0n) is 31.0. The summed E-state index contributed by atoms with van der Waals surface area (Å²) in [5.74, 6) is 0. The number of nitrogens with zero attached hydrogens (tertiary/aromatic N) is 2. The molecule has 266 valence electrons. The van der Waals surface area contributed by atoms with Crippen LogP contribution >= 0.6 is 0 Å². The van der Waals surface area contributed by atoms with Crippen molar-refractivity contribution in [3.8, 4) is 22.3 Å². The van der Waals surface area contributed by atoms with Crippen LogP contribution in [0.5, 0.6) is 0 Å². The molecule has 0 unspecified atom stereocenters. The minimum absolute atomic E-state index is 1.11. The maximum absolute atomic E-state index is 2.36. The Morgan fingerprint density at radius 3 is 1.14 bits per heavy atom. The van der Waals surface area contributed by atoms with E-state index in [9.17, 15) is 0 Å². The molecule has 2 nitrogen and oxygen atoms in total. The van der Waals surface area contributed by atoms with Gasteiger partial charge in [0.25, 0.3) is 0 Å². The third kappa shape index (κ3) is 7.37. The Kier molecular flexibility index (Phi) is 9.75. The van der Waals surface area contributed by atoms with Gasteiger partial charge in [-0.1, -0.05) is 176 Å². The maximum Gasteiger partial charge on any atom is 0.0540 e. The van der Waals surface area contributed by atoms with Gasteiger partial charge < -0.3 is 9.80 Å². The van der Waals surface area contributed by atoms with E-state index in [1.807, 2.05) is 0 Å². The first-order valence-electron chi connectivity index (χ1n) is 19.1. The van der Waals surface area contributed by atoms with Crippen molar-refractivity contribution < 1.29 is 0 Å². The molecule has 0 aliphatic rings. The summed E-state index contributed by atoms with van der Waals surface area (Å²) >= 11 is 0. The number of hydrogen-bond acceptors (Lipinski definition) is 2. The van der Waals surface area contributed by atoms with Crippen LogP contribution in [0.3, 0.4) is 0 Å². The Morgan fingerprint density at radius 2 is 0.607 bits per heavy atom. The Hall–Kier alpha value is -7.42. The van der Waals surface area contributed by atoms with Crippen LogP contribution in [0, 0.1) is 0 Å². The lowest BCUT2D eigenvalue weighted by Gasteiger charge is -2.27. The molecule has 0 atom stereocenters. The fourth-order valence-corrected chi connectivity index (χ4v) is 7.38. The molecule has 0 aliphatic carbocycles. The molecule has 0 heterocycles. The molecule has 0 bridgehead atoms. The number of fused-ring (bicyclic) bond motifs is 1. The van der Waals surface area contributed by atoms with Crippen LogP contribution in [-0.4, -0.2) is 0 Å². The molecule has 9 aromatic rings. The molecule has 2 heteroatoms. The molecule has 9 rings (SSSR count). The molecule has 0 radical (unpaired) electrons. The average molecular weight is 717 g/mol. The van der Waals surface area contributed by atoms with E-state index in [4.69, 9.17) is 0 Å². The van der Waals surface area contributed by atoms with E-state index in [-0.39, 0.29) is 0 Å². The number of para-hydroxylation sites is 2. The molecular weight excluding hydrogens is 677 g/mol. The maximum atomic E-state index is 2.36. The fraction of sp³-hybridized carbons (Fsp3) is 0. The molecule has 0 N–H and O–H groups in total. The largest absolute Gasteiger partial charge is 0.311 e. The second kappa shape index (κ2) is 15.9. The Morgan fingerprint density at radius 1 is 0.250 bits per heavy atom. The molecule has 9 aromatic carbocycles. The van der Waals surface area contributed by atoms with Crippen LogP contribution in [0.2, 0.25) is 0 Å². The first-order chi connectivity index (χ1) is 27.8. The van der Waals surface area contributed by atoms with Crippen LogP contribution in [0.1, 0.15) is 11.1 Å². The van der Waals surface area contributed by atoms with Crippen molar-refractivity contribution in [2.75, 3.05) is 9.80 Å². The predicted octanol–water partition coefficient (Wildman–Crippen LogP) is 15.3. The van der Waals surface area contributed by atoms with Gasteiger partial charge >= 0.3 is 0 Å². The van der Waals surface area contributed by atoms with Gasteiger partial charge in [0.2, 0.25) is 0 Å². The summed E-state index contributed by atoms with van der Waals surface area (Å²) in [7, 11) is 0. The van der Waals surface area contributed by atoms with Crippen molar-refractivity contribution in [3.05, 3.63) is 242 Å². The minimum atomic E-state index is 1.11. The summed E-state index contributed by atoms with van der Waals surface area (Å²) in [6.07, 6.45) is 4.36. The highest BCUT2D eigenvalue weighted by atomic mass is 15.1. The van der Waals surface area contributed by atoms with Crippen molar-refractivity contribution in [3.63, 3.8) is 0 Å². The Bertz CT molecular complexity index is 2640. The quantitative estimate of drug-likeness (QED) is 0.130. The van der Waals surface area contributed by atoms with Gasteiger partial charge in [0.15, 0.2) is 0 Å². The molecule has 0 fully saturated rings. The van der Waals surface area contributed by atoms with Crippen molar-refractivity contribution in [2.45, 2.75) is 0 Å². The van der Waals surface area contributed by atoms with Crippen LogP contribution < -0.4 is 9.80 Å². The van der Waals surface area contributed by atoms with Crippen LogP contribution in [-0.2, 0) is 0 Å². The van der Waals surface area contributed by atoms with Gasteiger partial charge in [0, 0.05) is 33.8 Å². The summed E-state index contributed by atoms with van der Waals surface area (Å²) < 4.78 is 0. The van der Waals surface area contributed by atoms with Crippen molar-refractivity contribution >= 4 is 57.0 Å². The third-order valence-corrected chi connectivity index (χ3v) is 10.3. The zero-order valence-corrected chi connectivity index (χ0v) is 31.0. The number of anilines is 6. The van der Waals surface area contributed by atoms with Gasteiger partial charge in [0.05, 0.1) is 5.69 Å². The summed E-state index contributed by atoms with van der Waals surface area (Å²) in [6.45, 7) is 0. The molecule has 0 aromatic heterocycles. The number of rotatable bonds is 10. The lowest BCUT2D eigenvalue weighted by molar-refractivity contribution is 1.28. The van der Waals surface area contributed by atoms with Crippen molar-refractivity contribution in [1.29, 1.82) is 0 Å². The summed E-state index contributed by atoms with van der Waals surface area (Å²) in [5.41, 5.74) is 13.9. The van der Waals surface area contributed by atoms with E-state index in [0.717, 1.165) is 45.3 Å². The standard InChI is InChI=1S/C54H40N2/c1-4-13-43(14-5-1)45-31-37-51(38-32-45)56(54-22-12-16-47-15-10-11-21-53(47)54)52-39-33-46(34-40-52)44-29-25-41(26-30-44)23-24-42-27-35-50(36-28-42)55(48-17-6-2-7-18-48)49-19-8-3-9-20-49/h1-40H. The summed E-state index contributed by atoms with van der Waals surface area (Å²) in [5, 5.41) is 2.43. The lowest BCUT2D eigenvalue weighted by atomic mass is 10.0. The van der Waals surface area contributed by atoms with E-state index in [0.29, 0.717) is 0 Å². The van der Waals surface area contributed by atoms with Crippen LogP contribution in [0.15, 0.2) is 231 Å². The minimum Gasteiger partial charge on any atom is -0.311 e. The number of benzene rings is 9. The molecule has 0 spiro atoms. The molecule has 56 heavy (non-hydrogen) atoms. The monoisotopic (exact) mass is 716 g/mol. The molecule has 0 saturated heterocycles. The van der Waals surface area contributed by atoms with Gasteiger partial charge in [-0.05, 0) is 105 Å². The van der Waals surface area contributed by atoms with Crippen LogP contribution in [0.4, 0.5) is 34.1 Å². The number of hydrogen-bond donors (Lipinski definition) is 0. The molecular formula is C54H40N2. The second-order valence-electron chi connectivity index (χ2n) is 13.8. The average Bonchev–Trinajstić information content (AvgIpc) is 3.28. The Labute approximate surface area is 329 Å². The van der Waals surface area contributed by atoms with Gasteiger partial charge in [-0.3, -0.25) is 0 Å². The van der Waals surface area contributed by atoms with Crippen molar-refractivity contribution in [1.82, 2.24) is 0 Å². The molecule has 0 amide bonds. The highest BCUT2D eigenvalue weighted by Crippen LogP contribution is 2.40. The summed E-state index contributed by atoms with van der Waals surface area (Å²) in [4.78, 5) is 4.64. The predicted molar refractivity (Wildman–Crippen MR) is 240 cm³/mol. The van der Waals surface area contributed by atoms with E-state index < -0.39 is 0 Å². The van der Waals surface area contributed by atoms with Gasteiger partial charge in [0.1, 0.15) is 0 Å². The highest BCUT2D eigenvalue weighted by Gasteiger charge is 2.16. The smallest absolute Gasteiger partial charge is 0.0540 e. The zero-order chi connectivity index (χ0) is 37.5. The first-order valence-corrected chi connectivity index (χ1v) is 19.1. The van der Waals surface area contributed by atoms with Gasteiger partial charge in [-0.2, -0.15) is 0 Å². The summed E-state index contributed by atoms with van der Waals surface area (Å²) in [6, 6.07) is 82.0. The topological polar surface area (TPSA) is 6.48 Å². The van der Waals surface area contributed by atoms with E-state index in [2.05, 4.69) is 252 Å². The molecule has 0 aliphatic heterocycles. The van der Waals surface area contributed by atoms with E-state index in [1.165, 1.54) is 33.0 Å². The Balaban J connectivity index is 0.947. The van der Waals surface area contributed by atoms with Crippen molar-refractivity contribution in [2.24, 2.45) is 0 Å². The van der Waals surface area contributed by atoms with Gasteiger partial charge in [-0.25, -0.2) is 0 Å². The molecule has 0 saturated carbocycles. The third-order valence-electron chi connectivity index (χ3n) is 10.3. The first kappa shape index (κ1) is 34.4.